The summed E-state index contributed by atoms with van der Waals surface area (Å²) in [5, 5.41) is 7.54. The summed E-state index contributed by atoms with van der Waals surface area (Å²) in [6.07, 6.45) is 1.22. The van der Waals surface area contributed by atoms with Crippen molar-refractivity contribution in [2.75, 3.05) is 0 Å². The van der Waals surface area contributed by atoms with Crippen LogP contribution in [0.5, 0.6) is 0 Å². The maximum Gasteiger partial charge on any atom is 0.318 e. The molecule has 4 heteroatoms. The van der Waals surface area contributed by atoms with Gasteiger partial charge >= 0.3 is 5.97 Å². The zero-order valence-electron chi connectivity index (χ0n) is 3.76. The lowest BCUT2D eigenvalue weighted by Gasteiger charge is -1.75. The van der Waals surface area contributed by atoms with Crippen LogP contribution in [0.25, 0.3) is 0 Å². The molecule has 0 rings (SSSR count). The summed E-state index contributed by atoms with van der Waals surface area (Å²) >= 11 is 0. The van der Waals surface area contributed by atoms with Crippen LogP contribution in [0.1, 0.15) is 6.92 Å². The van der Waals surface area contributed by atoms with Gasteiger partial charge in [0.1, 0.15) is 0 Å². The molecule has 0 aliphatic carbocycles. The quantitative estimate of drug-likeness (QED) is 0.336. The number of carbonyl (C=O) groups excluding carboxylic acids is 1. The fourth-order valence-electron chi connectivity index (χ4n) is 0.0643. The number of hydrogen-bond donors (Lipinski definition) is 0. The first-order chi connectivity index (χ1) is 2.77. The van der Waals surface area contributed by atoms with E-state index in [4.69, 9.17) is 5.26 Å². The Bertz CT molecular complexity index is 95.6. The number of esters is 1. The van der Waals surface area contributed by atoms with Crippen molar-refractivity contribution in [3.8, 4) is 6.26 Å². The third-order valence-electron chi connectivity index (χ3n) is 0.189. The molecule has 0 amide bonds. The molecular formula is C3H5NO2S. The molecule has 7 heavy (non-hydrogen) atoms. The van der Waals surface area contributed by atoms with Crippen LogP contribution in [0.4, 0.5) is 0 Å². The smallest absolute Gasteiger partial charge is 0.318 e. The normalized spacial score (nSPS) is 5.14. The van der Waals surface area contributed by atoms with Gasteiger partial charge in [-0.1, -0.05) is 0 Å². The summed E-state index contributed by atoms with van der Waals surface area (Å²) in [7, 11) is 0. The molecule has 0 saturated carbocycles. The molecule has 0 unspecified atom stereocenters. The van der Waals surface area contributed by atoms with Crippen molar-refractivity contribution >= 4 is 19.5 Å². The lowest BCUT2D eigenvalue weighted by molar-refractivity contribution is -0.134. The van der Waals surface area contributed by atoms with Crippen LogP contribution < -0.4 is 0 Å². The van der Waals surface area contributed by atoms with Crippen LogP contribution in [0, 0.1) is 11.5 Å². The van der Waals surface area contributed by atoms with E-state index in [9.17, 15) is 4.79 Å². The van der Waals surface area contributed by atoms with E-state index in [0.717, 1.165) is 0 Å². The number of ether oxygens (including phenoxy) is 1. The van der Waals surface area contributed by atoms with Crippen LogP contribution >= 0.6 is 13.5 Å². The predicted octanol–water partition coefficient (Wildman–Crippen LogP) is 0.143. The Balaban J connectivity index is 0. The van der Waals surface area contributed by atoms with Crippen LogP contribution in [0.3, 0.4) is 0 Å². The molecule has 3 nitrogen and oxygen atoms in total. The first-order valence-corrected chi connectivity index (χ1v) is 1.34. The van der Waals surface area contributed by atoms with E-state index in [-0.39, 0.29) is 13.5 Å². The van der Waals surface area contributed by atoms with Crippen molar-refractivity contribution in [3.63, 3.8) is 0 Å². The minimum Gasteiger partial charge on any atom is -0.351 e. The molecule has 0 atom stereocenters. The first kappa shape index (κ1) is 9.58. The second-order valence-electron chi connectivity index (χ2n) is 0.685. The molecule has 0 fully saturated rings. The van der Waals surface area contributed by atoms with Crippen LogP contribution in [-0.2, 0) is 9.53 Å². The van der Waals surface area contributed by atoms with Gasteiger partial charge in [0.25, 0.3) is 6.26 Å². The second kappa shape index (κ2) is 5.31. The highest BCUT2D eigenvalue weighted by molar-refractivity contribution is 7.59. The molecule has 0 heterocycles. The van der Waals surface area contributed by atoms with Crippen molar-refractivity contribution < 1.29 is 9.53 Å². The van der Waals surface area contributed by atoms with Gasteiger partial charge < -0.3 is 4.74 Å². The third kappa shape index (κ3) is 10.9. The molecule has 0 bridgehead atoms. The topological polar surface area (TPSA) is 50.1 Å². The summed E-state index contributed by atoms with van der Waals surface area (Å²) in [5.41, 5.74) is 0. The van der Waals surface area contributed by atoms with Crippen molar-refractivity contribution in [2.45, 2.75) is 6.92 Å². The fourth-order valence-corrected chi connectivity index (χ4v) is 0.0643. The Morgan fingerprint density at radius 1 is 1.86 bits per heavy atom. The Morgan fingerprint density at radius 3 is 2.29 bits per heavy atom. The predicted molar refractivity (Wildman–Crippen MR) is 27.8 cm³/mol. The molecule has 0 aromatic rings. The minimum atomic E-state index is -0.572. The monoisotopic (exact) mass is 119 g/mol. The van der Waals surface area contributed by atoms with Gasteiger partial charge in [0.05, 0.1) is 0 Å². The summed E-state index contributed by atoms with van der Waals surface area (Å²) < 4.78 is 3.71. The van der Waals surface area contributed by atoms with Gasteiger partial charge in [-0.15, -0.1) is 5.26 Å². The largest absolute Gasteiger partial charge is 0.351 e. The van der Waals surface area contributed by atoms with E-state index >= 15 is 0 Å². The van der Waals surface area contributed by atoms with E-state index in [1.54, 1.807) is 0 Å². The molecule has 0 aliphatic heterocycles. The van der Waals surface area contributed by atoms with Gasteiger partial charge in [-0.3, -0.25) is 4.79 Å². The summed E-state index contributed by atoms with van der Waals surface area (Å²) in [6, 6.07) is 0. The lowest BCUT2D eigenvalue weighted by atomic mass is 10.8. The molecule has 0 saturated heterocycles. The van der Waals surface area contributed by atoms with Gasteiger partial charge in [0.15, 0.2) is 0 Å². The highest BCUT2D eigenvalue weighted by Gasteiger charge is 1.82. The van der Waals surface area contributed by atoms with E-state index in [0.29, 0.717) is 0 Å². The molecular weight excluding hydrogens is 114 g/mol. The summed E-state index contributed by atoms with van der Waals surface area (Å²) in [5.74, 6) is -0.572. The molecule has 0 aromatic heterocycles. The second-order valence-corrected chi connectivity index (χ2v) is 0.685. The van der Waals surface area contributed by atoms with Gasteiger partial charge in [-0.25, -0.2) is 0 Å². The molecule has 0 aliphatic rings. The molecule has 0 aromatic carbocycles. The summed E-state index contributed by atoms with van der Waals surface area (Å²) in [4.78, 5) is 9.60. The molecule has 0 N–H and O–H groups in total. The number of nitrogens with zero attached hydrogens (tertiary/aromatic N) is 1. The minimum absolute atomic E-state index is 0. The number of hydrogen-bond acceptors (Lipinski definition) is 3. The fraction of sp³-hybridized carbons (Fsp3) is 0.333. The van der Waals surface area contributed by atoms with Gasteiger partial charge in [-0.05, 0) is 0 Å². The molecule has 0 spiro atoms. The van der Waals surface area contributed by atoms with Gasteiger partial charge in [0.2, 0.25) is 0 Å². The average Bonchev–Trinajstić information content (AvgIpc) is 1.35. The molecule has 0 radical (unpaired) electrons. The van der Waals surface area contributed by atoms with Crippen molar-refractivity contribution in [1.82, 2.24) is 0 Å². The van der Waals surface area contributed by atoms with Gasteiger partial charge in [0, 0.05) is 6.92 Å². The van der Waals surface area contributed by atoms with Crippen molar-refractivity contribution in [2.24, 2.45) is 0 Å². The van der Waals surface area contributed by atoms with Gasteiger partial charge in [-0.2, -0.15) is 13.5 Å². The number of nitriles is 1. The maximum absolute atomic E-state index is 9.60. The Hall–Kier alpha value is -0.690. The van der Waals surface area contributed by atoms with Crippen LogP contribution in [-0.4, -0.2) is 5.97 Å². The zero-order chi connectivity index (χ0) is 4.99. The number of rotatable bonds is 0. The maximum atomic E-state index is 9.60. The van der Waals surface area contributed by atoms with Crippen molar-refractivity contribution in [3.05, 3.63) is 0 Å². The van der Waals surface area contributed by atoms with E-state index < -0.39 is 5.97 Å². The summed E-state index contributed by atoms with van der Waals surface area (Å²) in [6.45, 7) is 1.17. The highest BCUT2D eigenvalue weighted by Crippen LogP contribution is 1.65. The highest BCUT2D eigenvalue weighted by atomic mass is 32.1. The Labute approximate surface area is 48.3 Å². The molecule has 40 valence electrons. The lowest BCUT2D eigenvalue weighted by Crippen LogP contribution is -1.88. The standard InChI is InChI=1S/C3H3NO2.H2S/c1-3(5)6-2-4;/h1H3;1H2. The van der Waals surface area contributed by atoms with E-state index in [1.165, 1.54) is 13.2 Å². The van der Waals surface area contributed by atoms with E-state index in [1.807, 2.05) is 0 Å². The zero-order valence-corrected chi connectivity index (χ0v) is 4.76. The Kier molecular flexibility index (Phi) is 7.27. The van der Waals surface area contributed by atoms with E-state index in [2.05, 4.69) is 4.74 Å². The van der Waals surface area contributed by atoms with Crippen LogP contribution in [0.15, 0.2) is 0 Å². The third-order valence-corrected chi connectivity index (χ3v) is 0.189. The van der Waals surface area contributed by atoms with Crippen molar-refractivity contribution in [1.29, 1.82) is 5.26 Å². The SMILES string of the molecule is CC(=O)OC#N.S. The number of carbonyl (C=O) groups is 1. The first-order valence-electron chi connectivity index (χ1n) is 1.34. The Morgan fingerprint density at radius 2 is 2.29 bits per heavy atom. The average molecular weight is 119 g/mol. The van der Waals surface area contributed by atoms with Crippen LogP contribution in [0.2, 0.25) is 0 Å².